The van der Waals surface area contributed by atoms with E-state index in [1.165, 1.54) is 37.9 Å². The summed E-state index contributed by atoms with van der Waals surface area (Å²) >= 11 is 0. The molecule has 2 nitrogen and oxygen atoms in total. The van der Waals surface area contributed by atoms with Crippen LogP contribution in [0.3, 0.4) is 0 Å². The summed E-state index contributed by atoms with van der Waals surface area (Å²) in [7, 11) is 2.30. The van der Waals surface area contributed by atoms with Crippen molar-refractivity contribution in [3.8, 4) is 0 Å². The fourth-order valence-corrected chi connectivity index (χ4v) is 3.75. The van der Waals surface area contributed by atoms with Crippen LogP contribution in [0.1, 0.15) is 32.6 Å². The Hall–Kier alpha value is -1.02. The fourth-order valence-electron chi connectivity index (χ4n) is 3.75. The van der Waals surface area contributed by atoms with Crippen LogP contribution in [-0.4, -0.2) is 30.7 Å². The summed E-state index contributed by atoms with van der Waals surface area (Å²) in [4.78, 5) is 5.12. The quantitative estimate of drug-likeness (QED) is 0.747. The Bertz CT molecular complexity index is 403. The van der Waals surface area contributed by atoms with E-state index in [1.807, 2.05) is 0 Å². The summed E-state index contributed by atoms with van der Waals surface area (Å²) < 4.78 is 0. The van der Waals surface area contributed by atoms with E-state index < -0.39 is 0 Å². The van der Waals surface area contributed by atoms with E-state index in [9.17, 15) is 0 Å². The molecular weight excluding hydrogens is 220 g/mol. The average molecular weight is 244 g/mol. The zero-order chi connectivity index (χ0) is 12.6. The number of hydrogen-bond donors (Lipinski definition) is 0. The molecular formula is C16H24N2. The first kappa shape index (κ1) is 12.0. The van der Waals surface area contributed by atoms with Gasteiger partial charge in [-0.05, 0) is 44.9 Å². The third-order valence-electron chi connectivity index (χ3n) is 5.18. The molecule has 2 heteroatoms. The first-order chi connectivity index (χ1) is 8.70. The van der Waals surface area contributed by atoms with E-state index in [0.29, 0.717) is 5.54 Å². The van der Waals surface area contributed by atoms with Crippen molar-refractivity contribution in [2.75, 3.05) is 25.2 Å². The third-order valence-corrected chi connectivity index (χ3v) is 5.18. The summed E-state index contributed by atoms with van der Waals surface area (Å²) in [5, 5.41) is 0. The van der Waals surface area contributed by atoms with Crippen LogP contribution in [0, 0.1) is 5.92 Å². The van der Waals surface area contributed by atoms with Gasteiger partial charge >= 0.3 is 0 Å². The normalized spacial score (nSPS) is 33.2. The maximum atomic E-state index is 2.58. The largest absolute Gasteiger partial charge is 0.358 e. The van der Waals surface area contributed by atoms with Crippen LogP contribution in [0.15, 0.2) is 30.3 Å². The van der Waals surface area contributed by atoms with Crippen molar-refractivity contribution in [3.05, 3.63) is 30.3 Å². The molecule has 0 bridgehead atoms. The van der Waals surface area contributed by atoms with E-state index in [4.69, 9.17) is 0 Å². The van der Waals surface area contributed by atoms with Gasteiger partial charge in [0.05, 0.1) is 6.67 Å². The highest BCUT2D eigenvalue weighted by atomic mass is 15.4. The molecule has 2 atom stereocenters. The number of para-hydroxylation sites is 1. The van der Waals surface area contributed by atoms with Crippen LogP contribution >= 0.6 is 0 Å². The molecule has 0 unspecified atom stereocenters. The highest BCUT2D eigenvalue weighted by molar-refractivity contribution is 5.46. The zero-order valence-electron chi connectivity index (χ0n) is 11.6. The lowest BCUT2D eigenvalue weighted by Crippen LogP contribution is -2.62. The van der Waals surface area contributed by atoms with Gasteiger partial charge in [-0.1, -0.05) is 31.0 Å². The average Bonchev–Trinajstić information content (AvgIpc) is 2.41. The van der Waals surface area contributed by atoms with Crippen LogP contribution < -0.4 is 4.90 Å². The molecule has 1 saturated heterocycles. The SMILES string of the molecule is CN1CN(c2ccccc2)C[C@H]2CCCC[C@]21C. The highest BCUT2D eigenvalue weighted by Crippen LogP contribution is 2.41. The summed E-state index contributed by atoms with van der Waals surface area (Å²) in [6.07, 6.45) is 5.58. The Morgan fingerprint density at radius 1 is 1.17 bits per heavy atom. The van der Waals surface area contributed by atoms with Gasteiger partial charge in [0.25, 0.3) is 0 Å². The van der Waals surface area contributed by atoms with Gasteiger partial charge in [-0.2, -0.15) is 0 Å². The number of nitrogens with zero attached hydrogens (tertiary/aromatic N) is 2. The lowest BCUT2D eigenvalue weighted by atomic mass is 9.71. The number of fused-ring (bicyclic) bond motifs is 1. The van der Waals surface area contributed by atoms with Crippen molar-refractivity contribution in [1.29, 1.82) is 0 Å². The van der Waals surface area contributed by atoms with Gasteiger partial charge in [0.2, 0.25) is 0 Å². The van der Waals surface area contributed by atoms with E-state index >= 15 is 0 Å². The molecule has 1 aliphatic heterocycles. The van der Waals surface area contributed by atoms with Crippen LogP contribution in [0.2, 0.25) is 0 Å². The Balaban J connectivity index is 1.82. The molecule has 1 aromatic carbocycles. The minimum Gasteiger partial charge on any atom is -0.358 e. The van der Waals surface area contributed by atoms with Crippen LogP contribution in [0.4, 0.5) is 5.69 Å². The lowest BCUT2D eigenvalue weighted by Gasteiger charge is -2.55. The fraction of sp³-hybridized carbons (Fsp3) is 0.625. The first-order valence-corrected chi connectivity index (χ1v) is 7.21. The van der Waals surface area contributed by atoms with Crippen LogP contribution in [0.25, 0.3) is 0 Å². The van der Waals surface area contributed by atoms with Crippen molar-refractivity contribution in [2.45, 2.75) is 38.1 Å². The smallest absolute Gasteiger partial charge is 0.0709 e. The van der Waals surface area contributed by atoms with Crippen molar-refractivity contribution in [1.82, 2.24) is 4.90 Å². The summed E-state index contributed by atoms with van der Waals surface area (Å²) in [5.41, 5.74) is 1.81. The predicted molar refractivity (Wildman–Crippen MR) is 76.8 cm³/mol. The molecule has 0 spiro atoms. The van der Waals surface area contributed by atoms with E-state index in [2.05, 4.69) is 54.1 Å². The number of rotatable bonds is 1. The second-order valence-electron chi connectivity index (χ2n) is 6.20. The van der Waals surface area contributed by atoms with Crippen molar-refractivity contribution in [2.24, 2.45) is 5.92 Å². The van der Waals surface area contributed by atoms with Gasteiger partial charge in [0, 0.05) is 17.8 Å². The summed E-state index contributed by atoms with van der Waals surface area (Å²) in [5.74, 6) is 0.824. The molecule has 0 N–H and O–H groups in total. The first-order valence-electron chi connectivity index (χ1n) is 7.21. The minimum atomic E-state index is 0.434. The monoisotopic (exact) mass is 244 g/mol. The molecule has 0 amide bonds. The number of benzene rings is 1. The van der Waals surface area contributed by atoms with E-state index in [1.54, 1.807) is 0 Å². The van der Waals surface area contributed by atoms with Gasteiger partial charge in [-0.3, -0.25) is 4.90 Å². The molecule has 18 heavy (non-hydrogen) atoms. The molecule has 98 valence electrons. The Morgan fingerprint density at radius 2 is 1.94 bits per heavy atom. The van der Waals surface area contributed by atoms with E-state index in [0.717, 1.165) is 12.6 Å². The Morgan fingerprint density at radius 3 is 2.72 bits per heavy atom. The molecule has 3 rings (SSSR count). The molecule has 1 heterocycles. The van der Waals surface area contributed by atoms with Crippen LogP contribution in [0.5, 0.6) is 0 Å². The topological polar surface area (TPSA) is 6.48 Å². The van der Waals surface area contributed by atoms with Crippen LogP contribution in [-0.2, 0) is 0 Å². The molecule has 0 aromatic heterocycles. The van der Waals surface area contributed by atoms with E-state index in [-0.39, 0.29) is 0 Å². The summed E-state index contributed by atoms with van der Waals surface area (Å²) in [6.45, 7) is 4.76. The molecule has 0 radical (unpaired) electrons. The van der Waals surface area contributed by atoms with Crippen molar-refractivity contribution in [3.63, 3.8) is 0 Å². The standard InChI is InChI=1S/C16H24N2/c1-16-11-7-6-8-14(16)12-18(13-17(16)2)15-9-4-3-5-10-15/h3-5,9-10,14H,6-8,11-13H2,1-2H3/t14-,16-/m1/s1. The van der Waals surface area contributed by atoms with Crippen molar-refractivity contribution >= 4 is 5.69 Å². The molecule has 2 aliphatic rings. The lowest BCUT2D eigenvalue weighted by molar-refractivity contribution is 0.0107. The second kappa shape index (κ2) is 4.58. The van der Waals surface area contributed by atoms with Gasteiger partial charge < -0.3 is 4.90 Å². The number of hydrogen-bond acceptors (Lipinski definition) is 2. The Labute approximate surface area is 111 Å². The minimum absolute atomic E-state index is 0.434. The van der Waals surface area contributed by atoms with Gasteiger partial charge in [0.1, 0.15) is 0 Å². The summed E-state index contributed by atoms with van der Waals surface area (Å²) in [6, 6.07) is 10.9. The molecule has 1 aliphatic carbocycles. The number of anilines is 1. The van der Waals surface area contributed by atoms with Gasteiger partial charge in [-0.25, -0.2) is 0 Å². The third kappa shape index (κ3) is 1.93. The van der Waals surface area contributed by atoms with Gasteiger partial charge in [-0.15, -0.1) is 0 Å². The molecule has 1 aromatic rings. The predicted octanol–water partition coefficient (Wildman–Crippen LogP) is 3.34. The van der Waals surface area contributed by atoms with Gasteiger partial charge in [0.15, 0.2) is 0 Å². The Kier molecular flexibility index (Phi) is 3.06. The zero-order valence-corrected chi connectivity index (χ0v) is 11.6. The molecule has 1 saturated carbocycles. The second-order valence-corrected chi connectivity index (χ2v) is 6.20. The maximum Gasteiger partial charge on any atom is 0.0709 e. The van der Waals surface area contributed by atoms with Crippen molar-refractivity contribution < 1.29 is 0 Å². The highest BCUT2D eigenvalue weighted by Gasteiger charge is 2.44. The molecule has 2 fully saturated rings. The maximum absolute atomic E-state index is 2.58.